The molecule has 8 nitrogen and oxygen atoms in total. The lowest BCUT2D eigenvalue weighted by Crippen LogP contribution is -2.65. The van der Waals surface area contributed by atoms with Crippen LogP contribution in [0, 0.1) is 31.6 Å². The molecule has 0 radical (unpaired) electrons. The Hall–Kier alpha value is -3.65. The van der Waals surface area contributed by atoms with Crippen LogP contribution in [0.25, 0.3) is 0 Å². The van der Waals surface area contributed by atoms with E-state index in [0.717, 1.165) is 33.8 Å². The number of hydrogen-bond donors (Lipinski definition) is 2. The van der Waals surface area contributed by atoms with Gasteiger partial charge in [0, 0.05) is 12.1 Å². The van der Waals surface area contributed by atoms with Crippen molar-refractivity contribution in [3.05, 3.63) is 82.9 Å². The first-order valence-electron chi connectivity index (χ1n) is 14.2. The predicted octanol–water partition coefficient (Wildman–Crippen LogP) is 4.09. The Morgan fingerprint density at radius 1 is 1.07 bits per heavy atom. The van der Waals surface area contributed by atoms with Gasteiger partial charge in [0.15, 0.2) is 0 Å². The zero-order valence-electron chi connectivity index (χ0n) is 23.7. The van der Waals surface area contributed by atoms with E-state index >= 15 is 0 Å². The number of aryl methyl sites for hydroxylation is 2. The number of benzene rings is 2. The zero-order chi connectivity index (χ0) is 28.3. The lowest BCUT2D eigenvalue weighted by atomic mass is 9.78. The van der Waals surface area contributed by atoms with Crippen LogP contribution in [0.2, 0.25) is 0 Å². The molecule has 2 fully saturated rings. The van der Waals surface area contributed by atoms with Crippen LogP contribution in [-0.4, -0.2) is 53.5 Å². The molecule has 2 heterocycles. The topological polar surface area (TPSA) is 111 Å². The first-order chi connectivity index (χ1) is 19.3. The van der Waals surface area contributed by atoms with Crippen LogP contribution in [-0.2, 0) is 32.8 Å². The number of amides is 2. The number of rotatable bonds is 12. The van der Waals surface area contributed by atoms with Gasteiger partial charge in [0.25, 0.3) is 0 Å². The Balaban J connectivity index is 1.41. The van der Waals surface area contributed by atoms with Crippen molar-refractivity contribution in [1.29, 1.82) is 0 Å². The van der Waals surface area contributed by atoms with Crippen molar-refractivity contribution < 1.29 is 19.1 Å². The predicted molar refractivity (Wildman–Crippen MR) is 153 cm³/mol. The number of nitrogens with two attached hydrogens (primary N) is 1. The number of methoxy groups -OCH3 is 1. The first-order valence-corrected chi connectivity index (χ1v) is 14.2. The minimum absolute atomic E-state index is 0.0794. The van der Waals surface area contributed by atoms with Crippen molar-refractivity contribution in [2.75, 3.05) is 26.8 Å². The molecular formula is C32H40N4O4. The van der Waals surface area contributed by atoms with Crippen LogP contribution in [0.15, 0.2) is 54.9 Å². The van der Waals surface area contributed by atoms with E-state index in [1.807, 2.05) is 48.2 Å². The van der Waals surface area contributed by atoms with Crippen molar-refractivity contribution in [3.8, 4) is 5.75 Å². The SMILES string of the molecule is COc1ccc(C[C@@H](C(=O)N2CC(OCC3CCC3)(c3ccccc3C)C2)C(Cc2nc[nH]c2C)C(N)=O)cc1. The van der Waals surface area contributed by atoms with Crippen LogP contribution >= 0.6 is 0 Å². The quantitative estimate of drug-likeness (QED) is 0.357. The Morgan fingerprint density at radius 3 is 2.38 bits per heavy atom. The highest BCUT2D eigenvalue weighted by Crippen LogP contribution is 2.41. The van der Waals surface area contributed by atoms with E-state index in [1.54, 1.807) is 13.4 Å². The molecule has 2 aromatic carbocycles. The number of carbonyl (C=O) groups excluding carboxylic acids is 2. The van der Waals surface area contributed by atoms with Gasteiger partial charge in [0.05, 0.1) is 50.7 Å². The summed E-state index contributed by atoms with van der Waals surface area (Å²) in [5.74, 6) is -0.598. The van der Waals surface area contributed by atoms with Gasteiger partial charge in [-0.25, -0.2) is 4.98 Å². The molecule has 1 aliphatic heterocycles. The molecular weight excluding hydrogens is 504 g/mol. The summed E-state index contributed by atoms with van der Waals surface area (Å²) in [7, 11) is 1.62. The minimum Gasteiger partial charge on any atom is -0.497 e. The molecule has 3 aromatic rings. The van der Waals surface area contributed by atoms with Gasteiger partial charge in [0.1, 0.15) is 11.4 Å². The van der Waals surface area contributed by atoms with E-state index < -0.39 is 23.3 Å². The fraction of sp³-hybridized carbons (Fsp3) is 0.469. The number of ether oxygens (including phenoxy) is 2. The molecule has 8 heteroatoms. The molecule has 3 N–H and O–H groups in total. The number of H-pyrrole nitrogens is 1. The molecule has 0 spiro atoms. The summed E-state index contributed by atoms with van der Waals surface area (Å²) in [5.41, 5.74) is 10.3. The van der Waals surface area contributed by atoms with Gasteiger partial charge in [-0.2, -0.15) is 0 Å². The van der Waals surface area contributed by atoms with Gasteiger partial charge < -0.3 is 25.1 Å². The largest absolute Gasteiger partial charge is 0.497 e. The molecule has 1 saturated carbocycles. The van der Waals surface area contributed by atoms with Gasteiger partial charge in [-0.3, -0.25) is 9.59 Å². The van der Waals surface area contributed by atoms with Crippen molar-refractivity contribution in [3.63, 3.8) is 0 Å². The third-order valence-corrected chi connectivity index (χ3v) is 8.79. The van der Waals surface area contributed by atoms with Crippen molar-refractivity contribution in [2.24, 2.45) is 23.5 Å². The summed E-state index contributed by atoms with van der Waals surface area (Å²) in [5, 5.41) is 0. The average molecular weight is 545 g/mol. The number of aromatic nitrogens is 2. The van der Waals surface area contributed by atoms with E-state index in [4.69, 9.17) is 15.2 Å². The summed E-state index contributed by atoms with van der Waals surface area (Å²) >= 11 is 0. The zero-order valence-corrected chi connectivity index (χ0v) is 23.7. The van der Waals surface area contributed by atoms with E-state index in [9.17, 15) is 9.59 Å². The molecule has 2 aliphatic rings. The fourth-order valence-corrected chi connectivity index (χ4v) is 5.98. The molecule has 1 aromatic heterocycles. The highest BCUT2D eigenvalue weighted by molar-refractivity contribution is 5.88. The molecule has 2 atom stereocenters. The summed E-state index contributed by atoms with van der Waals surface area (Å²) in [6.45, 7) is 5.61. The van der Waals surface area contributed by atoms with Crippen LogP contribution in [0.5, 0.6) is 5.75 Å². The lowest BCUT2D eigenvalue weighted by Gasteiger charge is -2.52. The number of likely N-dealkylation sites (tertiary alicyclic amines) is 1. The summed E-state index contributed by atoms with van der Waals surface area (Å²) in [6, 6.07) is 15.9. The van der Waals surface area contributed by atoms with Gasteiger partial charge in [-0.1, -0.05) is 42.8 Å². The second-order valence-corrected chi connectivity index (χ2v) is 11.5. The lowest BCUT2D eigenvalue weighted by molar-refractivity contribution is -0.184. The maximum Gasteiger partial charge on any atom is 0.227 e. The standard InChI is InChI=1S/C32H40N4O4/c1-21-7-4-5-10-28(21)32(40-17-24-8-6-9-24)18-36(19-32)31(38)27(15-23-11-13-25(39-3)14-12-23)26(30(33)37)16-29-22(2)34-20-35-29/h4-5,7,10-14,20,24,26-27H,6,8-9,15-19H2,1-3H3,(H2,33,37)(H,34,35)/t26?,27-/m1/s1. The number of nitrogens with one attached hydrogen (secondary N) is 1. The highest BCUT2D eigenvalue weighted by Gasteiger charge is 2.51. The molecule has 212 valence electrons. The van der Waals surface area contributed by atoms with E-state index in [-0.39, 0.29) is 5.91 Å². The second kappa shape index (κ2) is 11.8. The van der Waals surface area contributed by atoms with Gasteiger partial charge in [-0.05, 0) is 67.9 Å². The third kappa shape index (κ3) is 5.77. The maximum atomic E-state index is 14.2. The Morgan fingerprint density at radius 2 is 1.80 bits per heavy atom. The molecule has 0 bridgehead atoms. The van der Waals surface area contributed by atoms with Crippen molar-refractivity contribution in [2.45, 2.75) is 51.6 Å². The van der Waals surface area contributed by atoms with Gasteiger partial charge in [-0.15, -0.1) is 0 Å². The van der Waals surface area contributed by atoms with Crippen molar-refractivity contribution in [1.82, 2.24) is 14.9 Å². The number of primary amides is 1. The molecule has 2 amide bonds. The number of aromatic amines is 1. The molecule has 1 unspecified atom stereocenters. The molecule has 1 aliphatic carbocycles. The van der Waals surface area contributed by atoms with E-state index in [1.165, 1.54) is 19.3 Å². The minimum atomic E-state index is -0.707. The third-order valence-electron chi connectivity index (χ3n) is 8.79. The van der Waals surface area contributed by atoms with Crippen LogP contribution in [0.3, 0.4) is 0 Å². The summed E-state index contributed by atoms with van der Waals surface area (Å²) in [6.07, 6.45) is 5.94. The monoisotopic (exact) mass is 544 g/mol. The Kier molecular flexibility index (Phi) is 8.26. The summed E-state index contributed by atoms with van der Waals surface area (Å²) in [4.78, 5) is 36.4. The highest BCUT2D eigenvalue weighted by atomic mass is 16.5. The van der Waals surface area contributed by atoms with Crippen molar-refractivity contribution >= 4 is 11.8 Å². The van der Waals surface area contributed by atoms with E-state index in [0.29, 0.717) is 38.5 Å². The Bertz CT molecular complexity index is 1320. The molecule has 1 saturated heterocycles. The number of carbonyl (C=O) groups is 2. The van der Waals surface area contributed by atoms with E-state index in [2.05, 4.69) is 29.0 Å². The normalized spacial score (nSPS) is 17.9. The van der Waals surface area contributed by atoms with Gasteiger partial charge in [0.2, 0.25) is 11.8 Å². The number of imidazole rings is 1. The Labute approximate surface area is 236 Å². The van der Waals surface area contributed by atoms with Gasteiger partial charge >= 0.3 is 0 Å². The smallest absolute Gasteiger partial charge is 0.227 e. The summed E-state index contributed by atoms with van der Waals surface area (Å²) < 4.78 is 11.9. The van der Waals surface area contributed by atoms with Crippen LogP contribution < -0.4 is 10.5 Å². The van der Waals surface area contributed by atoms with Crippen LogP contribution in [0.4, 0.5) is 0 Å². The fourth-order valence-electron chi connectivity index (χ4n) is 5.98. The second-order valence-electron chi connectivity index (χ2n) is 11.5. The number of hydrogen-bond acceptors (Lipinski definition) is 5. The average Bonchev–Trinajstić information content (AvgIpc) is 3.31. The molecule has 40 heavy (non-hydrogen) atoms. The molecule has 5 rings (SSSR count). The first kappa shape index (κ1) is 27.9. The van der Waals surface area contributed by atoms with Crippen LogP contribution in [0.1, 0.15) is 47.3 Å². The number of nitrogens with zero attached hydrogens (tertiary/aromatic N) is 2. The maximum absolute atomic E-state index is 14.2.